The van der Waals surface area contributed by atoms with Crippen molar-refractivity contribution in [2.24, 2.45) is 0 Å². The minimum Gasteiger partial charge on any atom is -0.361 e. The molecule has 0 saturated heterocycles. The number of rotatable bonds is 5. The minimum atomic E-state index is 0.619. The smallest absolute Gasteiger partial charge is 0.183 e. The summed E-state index contributed by atoms with van der Waals surface area (Å²) in [6.45, 7) is 0.852. The Labute approximate surface area is 143 Å². The van der Waals surface area contributed by atoms with Crippen LogP contribution in [-0.2, 0) is 6.42 Å². The summed E-state index contributed by atoms with van der Waals surface area (Å²) < 4.78 is 0. The highest BCUT2D eigenvalue weighted by Crippen LogP contribution is 2.32. The van der Waals surface area contributed by atoms with Crippen molar-refractivity contribution in [3.63, 3.8) is 0 Å². The second-order valence-corrected chi connectivity index (χ2v) is 6.53. The molecule has 3 aromatic rings. The van der Waals surface area contributed by atoms with E-state index in [4.69, 9.17) is 23.2 Å². The van der Waals surface area contributed by atoms with Gasteiger partial charge in [-0.3, -0.25) is 0 Å². The summed E-state index contributed by atoms with van der Waals surface area (Å²) in [7, 11) is 0. The SMILES string of the molecule is Clc1ccc(-c2csc(NCCc3ccccc3)n2)c(Cl)c1. The number of nitrogens with zero attached hydrogens (tertiary/aromatic N) is 1. The average molecular weight is 349 g/mol. The molecule has 0 bridgehead atoms. The number of aromatic nitrogens is 1. The fourth-order valence-electron chi connectivity index (χ4n) is 2.13. The minimum absolute atomic E-state index is 0.619. The molecule has 1 heterocycles. The van der Waals surface area contributed by atoms with Gasteiger partial charge in [-0.25, -0.2) is 4.98 Å². The number of hydrogen-bond acceptors (Lipinski definition) is 3. The molecule has 1 aromatic heterocycles. The van der Waals surface area contributed by atoms with E-state index in [1.807, 2.05) is 23.6 Å². The van der Waals surface area contributed by atoms with Gasteiger partial charge in [0.15, 0.2) is 5.13 Å². The third-order valence-electron chi connectivity index (χ3n) is 3.24. The van der Waals surface area contributed by atoms with Gasteiger partial charge in [0.2, 0.25) is 0 Å². The van der Waals surface area contributed by atoms with Gasteiger partial charge in [0.25, 0.3) is 0 Å². The summed E-state index contributed by atoms with van der Waals surface area (Å²) in [6.07, 6.45) is 0.970. The van der Waals surface area contributed by atoms with Crippen molar-refractivity contribution < 1.29 is 0 Å². The van der Waals surface area contributed by atoms with Crippen LogP contribution in [0.2, 0.25) is 10.0 Å². The second kappa shape index (κ2) is 7.14. The number of thiazole rings is 1. The van der Waals surface area contributed by atoms with Crippen LogP contribution in [0.3, 0.4) is 0 Å². The fourth-order valence-corrected chi connectivity index (χ4v) is 3.38. The van der Waals surface area contributed by atoms with Crippen LogP contribution in [0.4, 0.5) is 5.13 Å². The molecule has 0 radical (unpaired) electrons. The van der Waals surface area contributed by atoms with Gasteiger partial charge in [-0.15, -0.1) is 11.3 Å². The summed E-state index contributed by atoms with van der Waals surface area (Å²) in [5.41, 5.74) is 3.08. The van der Waals surface area contributed by atoms with E-state index in [1.54, 1.807) is 17.4 Å². The molecule has 0 unspecified atom stereocenters. The van der Waals surface area contributed by atoms with Crippen molar-refractivity contribution in [1.82, 2.24) is 4.98 Å². The molecule has 1 N–H and O–H groups in total. The van der Waals surface area contributed by atoms with Crippen molar-refractivity contribution in [2.75, 3.05) is 11.9 Å². The summed E-state index contributed by atoms with van der Waals surface area (Å²) >= 11 is 13.7. The van der Waals surface area contributed by atoms with Gasteiger partial charge in [0.1, 0.15) is 0 Å². The lowest BCUT2D eigenvalue weighted by atomic mass is 10.1. The second-order valence-electron chi connectivity index (χ2n) is 4.82. The van der Waals surface area contributed by atoms with Crippen molar-refractivity contribution in [1.29, 1.82) is 0 Å². The Kier molecular flexibility index (Phi) is 4.98. The first kappa shape index (κ1) is 15.3. The standard InChI is InChI=1S/C17H14Cl2N2S/c18-13-6-7-14(15(19)10-13)16-11-22-17(21-16)20-9-8-12-4-2-1-3-5-12/h1-7,10-11H,8-9H2,(H,20,21). The number of halogens is 2. The van der Waals surface area contributed by atoms with Crippen molar-refractivity contribution in [3.05, 3.63) is 69.5 Å². The zero-order chi connectivity index (χ0) is 15.4. The van der Waals surface area contributed by atoms with Crippen molar-refractivity contribution >= 4 is 39.7 Å². The molecule has 0 atom stereocenters. The molecule has 0 aliphatic heterocycles. The zero-order valence-electron chi connectivity index (χ0n) is 11.7. The maximum atomic E-state index is 6.22. The van der Waals surface area contributed by atoms with Crippen molar-refractivity contribution in [3.8, 4) is 11.3 Å². The summed E-state index contributed by atoms with van der Waals surface area (Å²) in [5, 5.41) is 7.50. The van der Waals surface area contributed by atoms with Crippen LogP contribution in [0, 0.1) is 0 Å². The Hall–Kier alpha value is -1.55. The normalized spacial score (nSPS) is 10.6. The first-order valence-electron chi connectivity index (χ1n) is 6.91. The molecular formula is C17H14Cl2N2S. The van der Waals surface area contributed by atoms with Gasteiger partial charge in [-0.05, 0) is 30.2 Å². The maximum Gasteiger partial charge on any atom is 0.183 e. The van der Waals surface area contributed by atoms with E-state index >= 15 is 0 Å². The highest BCUT2D eigenvalue weighted by atomic mass is 35.5. The quantitative estimate of drug-likeness (QED) is 0.632. The van der Waals surface area contributed by atoms with Crippen molar-refractivity contribution in [2.45, 2.75) is 6.42 Å². The highest BCUT2D eigenvalue weighted by Gasteiger charge is 2.08. The van der Waals surface area contributed by atoms with Crippen LogP contribution in [0.5, 0.6) is 0 Å². The van der Waals surface area contributed by atoms with Gasteiger partial charge >= 0.3 is 0 Å². The van der Waals surface area contributed by atoms with Crippen LogP contribution in [0.1, 0.15) is 5.56 Å². The first-order valence-corrected chi connectivity index (χ1v) is 8.55. The Morgan fingerprint density at radius 3 is 2.64 bits per heavy atom. The van der Waals surface area contributed by atoms with Gasteiger partial charge in [0, 0.05) is 22.5 Å². The Morgan fingerprint density at radius 2 is 1.86 bits per heavy atom. The van der Waals surface area contributed by atoms with E-state index in [2.05, 4.69) is 34.6 Å². The predicted molar refractivity (Wildman–Crippen MR) is 96.2 cm³/mol. The summed E-state index contributed by atoms with van der Waals surface area (Å²) in [6, 6.07) is 15.8. The molecule has 0 saturated carbocycles. The van der Waals surface area contributed by atoms with Gasteiger partial charge < -0.3 is 5.32 Å². The molecule has 0 aliphatic carbocycles. The van der Waals surface area contributed by atoms with E-state index in [9.17, 15) is 0 Å². The van der Waals surface area contributed by atoms with Crippen LogP contribution >= 0.6 is 34.5 Å². The highest BCUT2D eigenvalue weighted by molar-refractivity contribution is 7.14. The van der Waals surface area contributed by atoms with E-state index in [0.717, 1.165) is 29.4 Å². The van der Waals surface area contributed by atoms with Crippen LogP contribution in [0.25, 0.3) is 11.3 Å². The topological polar surface area (TPSA) is 24.9 Å². The first-order chi connectivity index (χ1) is 10.7. The molecule has 5 heteroatoms. The maximum absolute atomic E-state index is 6.22. The molecule has 0 amide bonds. The van der Waals surface area contributed by atoms with E-state index < -0.39 is 0 Å². The average Bonchev–Trinajstić information content (AvgIpc) is 2.97. The Balaban J connectivity index is 1.64. The van der Waals surface area contributed by atoms with Gasteiger partial charge in [-0.1, -0.05) is 53.5 Å². The van der Waals surface area contributed by atoms with E-state index in [1.165, 1.54) is 5.56 Å². The lowest BCUT2D eigenvalue weighted by Gasteiger charge is -2.03. The predicted octanol–water partition coefficient (Wildman–Crippen LogP) is 5.77. The monoisotopic (exact) mass is 348 g/mol. The number of nitrogens with one attached hydrogen (secondary N) is 1. The molecule has 2 nitrogen and oxygen atoms in total. The molecule has 22 heavy (non-hydrogen) atoms. The molecule has 2 aromatic carbocycles. The van der Waals surface area contributed by atoms with Crippen LogP contribution in [0.15, 0.2) is 53.9 Å². The van der Waals surface area contributed by atoms with E-state index in [-0.39, 0.29) is 0 Å². The van der Waals surface area contributed by atoms with Crippen LogP contribution in [-0.4, -0.2) is 11.5 Å². The lowest BCUT2D eigenvalue weighted by molar-refractivity contribution is 1.02. The zero-order valence-corrected chi connectivity index (χ0v) is 14.1. The number of anilines is 1. The Morgan fingerprint density at radius 1 is 1.05 bits per heavy atom. The molecule has 112 valence electrons. The van der Waals surface area contributed by atoms with Crippen LogP contribution < -0.4 is 5.32 Å². The summed E-state index contributed by atoms with van der Waals surface area (Å²) in [5.74, 6) is 0. The molecular weight excluding hydrogens is 335 g/mol. The molecule has 0 spiro atoms. The molecule has 0 fully saturated rings. The largest absolute Gasteiger partial charge is 0.361 e. The number of hydrogen-bond donors (Lipinski definition) is 1. The third-order valence-corrected chi connectivity index (χ3v) is 4.59. The molecule has 3 rings (SSSR count). The number of benzene rings is 2. The lowest BCUT2D eigenvalue weighted by Crippen LogP contribution is -2.04. The van der Waals surface area contributed by atoms with Gasteiger partial charge in [0.05, 0.1) is 10.7 Å². The Bertz CT molecular complexity index is 756. The third kappa shape index (κ3) is 3.80. The van der Waals surface area contributed by atoms with Gasteiger partial charge in [-0.2, -0.15) is 0 Å². The summed E-state index contributed by atoms with van der Waals surface area (Å²) in [4.78, 5) is 4.58. The molecule has 0 aliphatic rings. The fraction of sp³-hybridized carbons (Fsp3) is 0.118. The van der Waals surface area contributed by atoms with E-state index in [0.29, 0.717) is 10.0 Å².